The Hall–Kier alpha value is -1.10. The lowest BCUT2D eigenvalue weighted by Crippen LogP contribution is -2.36. The number of hydrogen-bond donors (Lipinski definition) is 0. The zero-order valence-electron chi connectivity index (χ0n) is 16.8. The van der Waals surface area contributed by atoms with Crippen molar-refractivity contribution < 1.29 is 13.2 Å². The summed E-state index contributed by atoms with van der Waals surface area (Å²) in [5.74, 6) is 2.09. The third-order valence-electron chi connectivity index (χ3n) is 6.00. The molecule has 1 heterocycles. The third-order valence-corrected chi connectivity index (χ3v) is 8.88. The fraction of sp³-hybridized carbons (Fsp3) is 0.762. The Labute approximate surface area is 159 Å². The highest BCUT2D eigenvalue weighted by Crippen LogP contribution is 2.34. The summed E-state index contributed by atoms with van der Waals surface area (Å²) in [5, 5.41) is 0. The van der Waals surface area contributed by atoms with Crippen LogP contribution >= 0.6 is 0 Å². The molecule has 4 nitrogen and oxygen atoms in total. The van der Waals surface area contributed by atoms with Gasteiger partial charge in [-0.1, -0.05) is 25.8 Å². The minimum atomic E-state index is -3.02. The average Bonchev–Trinajstić information content (AvgIpc) is 2.61. The Kier molecular flexibility index (Phi) is 7.51. The number of hydrogen-bond acceptors (Lipinski definition) is 4. The number of sulfone groups is 1. The van der Waals surface area contributed by atoms with E-state index < -0.39 is 14.6 Å². The first kappa shape index (κ1) is 21.2. The Balaban J connectivity index is 1.79. The van der Waals surface area contributed by atoms with Gasteiger partial charge in [-0.3, -0.25) is 0 Å². The Morgan fingerprint density at radius 2 is 1.77 bits per heavy atom. The largest absolute Gasteiger partial charge is 0.478 e. The van der Waals surface area contributed by atoms with Crippen molar-refractivity contribution in [1.82, 2.24) is 4.98 Å². The molecule has 0 saturated heterocycles. The van der Waals surface area contributed by atoms with Crippen molar-refractivity contribution in [3.8, 4) is 5.88 Å². The minimum absolute atomic E-state index is 0.335. The van der Waals surface area contributed by atoms with E-state index in [1.807, 2.05) is 39.8 Å². The van der Waals surface area contributed by atoms with Crippen LogP contribution in [0.25, 0.3) is 0 Å². The van der Waals surface area contributed by atoms with Gasteiger partial charge in [0, 0.05) is 11.8 Å². The molecule has 1 saturated carbocycles. The standard InChI is InChI=1S/C21H35NO3S/c1-5-21(3,4)26(23,24)16-18-12-10-17(11-13-18)14-15-19-8-7-9-20(22-19)25-6-2/h7-9,17-18H,5-6,10-16H2,1-4H3. The lowest BCUT2D eigenvalue weighted by Gasteiger charge is -2.31. The van der Waals surface area contributed by atoms with E-state index in [2.05, 4.69) is 11.1 Å². The van der Waals surface area contributed by atoms with E-state index >= 15 is 0 Å². The molecule has 1 fully saturated rings. The Morgan fingerprint density at radius 1 is 1.12 bits per heavy atom. The van der Waals surface area contributed by atoms with Gasteiger partial charge in [0.2, 0.25) is 5.88 Å². The molecule has 0 aliphatic heterocycles. The van der Waals surface area contributed by atoms with Gasteiger partial charge in [0.15, 0.2) is 9.84 Å². The molecule has 1 aliphatic carbocycles. The van der Waals surface area contributed by atoms with Crippen molar-refractivity contribution in [1.29, 1.82) is 0 Å². The van der Waals surface area contributed by atoms with Gasteiger partial charge in [0.25, 0.3) is 0 Å². The van der Waals surface area contributed by atoms with Crippen molar-refractivity contribution >= 4 is 9.84 Å². The molecule has 0 radical (unpaired) electrons. The molecule has 0 spiro atoms. The van der Waals surface area contributed by atoms with Crippen LogP contribution in [0.1, 0.15) is 71.9 Å². The Bertz CT molecular complexity index is 662. The summed E-state index contributed by atoms with van der Waals surface area (Å²) in [6.07, 6.45) is 7.13. The SMILES string of the molecule is CCOc1cccc(CCC2CCC(CS(=O)(=O)C(C)(C)CC)CC2)n1. The van der Waals surface area contributed by atoms with Crippen molar-refractivity contribution in [3.63, 3.8) is 0 Å². The smallest absolute Gasteiger partial charge is 0.213 e. The number of aromatic nitrogens is 1. The van der Waals surface area contributed by atoms with E-state index in [9.17, 15) is 8.42 Å². The van der Waals surface area contributed by atoms with Crippen molar-refractivity contribution in [2.75, 3.05) is 12.4 Å². The van der Waals surface area contributed by atoms with Crippen molar-refractivity contribution in [3.05, 3.63) is 23.9 Å². The molecule has 2 rings (SSSR count). The summed E-state index contributed by atoms with van der Waals surface area (Å²) in [5.41, 5.74) is 1.09. The van der Waals surface area contributed by atoms with E-state index in [4.69, 9.17) is 4.74 Å². The molecule has 26 heavy (non-hydrogen) atoms. The van der Waals surface area contributed by atoms with Gasteiger partial charge >= 0.3 is 0 Å². The predicted molar refractivity (Wildman–Crippen MR) is 107 cm³/mol. The zero-order chi connectivity index (χ0) is 19.2. The lowest BCUT2D eigenvalue weighted by atomic mass is 9.80. The van der Waals surface area contributed by atoms with Gasteiger partial charge in [-0.15, -0.1) is 0 Å². The maximum absolute atomic E-state index is 12.6. The van der Waals surface area contributed by atoms with Crippen LogP contribution < -0.4 is 4.74 Å². The number of ether oxygens (including phenoxy) is 1. The van der Waals surface area contributed by atoms with Crippen LogP contribution in [-0.4, -0.2) is 30.5 Å². The maximum Gasteiger partial charge on any atom is 0.213 e. The van der Waals surface area contributed by atoms with Crippen LogP contribution in [0.4, 0.5) is 0 Å². The first-order valence-corrected chi connectivity index (χ1v) is 11.7. The van der Waals surface area contributed by atoms with Gasteiger partial charge < -0.3 is 4.74 Å². The van der Waals surface area contributed by atoms with Gasteiger partial charge in [-0.2, -0.15) is 0 Å². The lowest BCUT2D eigenvalue weighted by molar-refractivity contribution is 0.277. The number of nitrogens with zero attached hydrogens (tertiary/aromatic N) is 1. The highest BCUT2D eigenvalue weighted by atomic mass is 32.2. The van der Waals surface area contributed by atoms with Crippen LogP contribution in [0.2, 0.25) is 0 Å². The van der Waals surface area contributed by atoms with Crippen molar-refractivity contribution in [2.45, 2.75) is 77.4 Å². The number of rotatable bonds is 9. The van der Waals surface area contributed by atoms with Crippen molar-refractivity contribution in [2.24, 2.45) is 11.8 Å². The molecule has 1 aromatic heterocycles. The summed E-state index contributed by atoms with van der Waals surface area (Å²) in [6, 6.07) is 5.97. The van der Waals surface area contributed by atoms with E-state index in [1.165, 1.54) is 0 Å². The summed E-state index contributed by atoms with van der Waals surface area (Å²) in [4.78, 5) is 4.55. The summed E-state index contributed by atoms with van der Waals surface area (Å²) < 4.78 is 30.1. The molecule has 1 aliphatic rings. The molecular formula is C21H35NO3S. The Morgan fingerprint density at radius 3 is 2.38 bits per heavy atom. The molecule has 5 heteroatoms. The molecule has 0 atom stereocenters. The highest BCUT2D eigenvalue weighted by molar-refractivity contribution is 7.92. The first-order chi connectivity index (χ1) is 12.3. The first-order valence-electron chi connectivity index (χ1n) is 10.1. The second-order valence-electron chi connectivity index (χ2n) is 8.22. The summed E-state index contributed by atoms with van der Waals surface area (Å²) in [6.45, 7) is 8.28. The highest BCUT2D eigenvalue weighted by Gasteiger charge is 2.35. The van der Waals surface area contributed by atoms with E-state index in [1.54, 1.807) is 0 Å². The van der Waals surface area contributed by atoms with Crippen LogP contribution in [0.3, 0.4) is 0 Å². The maximum atomic E-state index is 12.6. The normalized spacial score (nSPS) is 21.5. The van der Waals surface area contributed by atoms with E-state index in [0.717, 1.165) is 44.2 Å². The second kappa shape index (κ2) is 9.20. The minimum Gasteiger partial charge on any atom is -0.478 e. The zero-order valence-corrected chi connectivity index (χ0v) is 17.6. The van der Waals surface area contributed by atoms with Gasteiger partial charge in [-0.05, 0) is 70.8 Å². The van der Waals surface area contributed by atoms with E-state index in [0.29, 0.717) is 36.5 Å². The quantitative estimate of drug-likeness (QED) is 0.615. The average molecular weight is 382 g/mol. The molecule has 0 amide bonds. The van der Waals surface area contributed by atoms with E-state index in [-0.39, 0.29) is 0 Å². The third kappa shape index (κ3) is 5.70. The van der Waals surface area contributed by atoms with Crippen LogP contribution in [0.15, 0.2) is 18.2 Å². The topological polar surface area (TPSA) is 56.3 Å². The monoisotopic (exact) mass is 381 g/mol. The summed E-state index contributed by atoms with van der Waals surface area (Å²) >= 11 is 0. The van der Waals surface area contributed by atoms with Crippen LogP contribution in [0.5, 0.6) is 5.88 Å². The molecular weight excluding hydrogens is 346 g/mol. The number of aryl methyl sites for hydroxylation is 1. The van der Waals surface area contributed by atoms with Crippen LogP contribution in [-0.2, 0) is 16.3 Å². The molecule has 0 aromatic carbocycles. The summed E-state index contributed by atoms with van der Waals surface area (Å²) in [7, 11) is -3.02. The van der Waals surface area contributed by atoms with Gasteiger partial charge in [-0.25, -0.2) is 13.4 Å². The fourth-order valence-electron chi connectivity index (χ4n) is 3.62. The number of pyridine rings is 1. The van der Waals surface area contributed by atoms with Gasteiger partial charge in [0.05, 0.1) is 17.1 Å². The predicted octanol–water partition coefficient (Wildman–Crippen LogP) is 4.82. The fourth-order valence-corrected chi connectivity index (χ4v) is 5.46. The molecule has 0 bridgehead atoms. The molecule has 148 valence electrons. The second-order valence-corrected chi connectivity index (χ2v) is 10.9. The van der Waals surface area contributed by atoms with Gasteiger partial charge in [0.1, 0.15) is 0 Å². The molecule has 0 unspecified atom stereocenters. The molecule has 1 aromatic rings. The molecule has 0 N–H and O–H groups in total. The van der Waals surface area contributed by atoms with Crippen LogP contribution in [0, 0.1) is 11.8 Å².